The fourth-order valence-corrected chi connectivity index (χ4v) is 1.60. The molecule has 8 heteroatoms. The normalized spacial score (nSPS) is 10.4. The molecule has 2 heterocycles. The number of hydrogen-bond donors (Lipinski definition) is 2. The number of carbonyl (C=O) groups excluding carboxylic acids is 1. The Balaban J connectivity index is 2.11. The Bertz CT molecular complexity index is 506. The maximum Gasteiger partial charge on any atom is 0.287 e. The number of amides is 1. The number of nitrogens with one attached hydrogen (secondary N) is 1. The molecule has 0 atom stereocenters. The Kier molecular flexibility index (Phi) is 3.19. The molecule has 2 aromatic rings. The van der Waals surface area contributed by atoms with Crippen LogP contribution in [0.1, 0.15) is 16.2 Å². The summed E-state index contributed by atoms with van der Waals surface area (Å²) in [5.41, 5.74) is 2.13. The van der Waals surface area contributed by atoms with Crippen LogP contribution >= 0.6 is 22.6 Å². The average molecular weight is 333 g/mol. The van der Waals surface area contributed by atoms with E-state index in [0.29, 0.717) is 12.3 Å². The van der Waals surface area contributed by atoms with Crippen molar-refractivity contribution in [3.63, 3.8) is 0 Å². The molecule has 0 aromatic carbocycles. The number of nitrogens with zero attached hydrogens (tertiary/aromatic N) is 3. The third kappa shape index (κ3) is 2.39. The van der Waals surface area contributed by atoms with Gasteiger partial charge in [-0.15, -0.1) is 0 Å². The molecule has 0 aliphatic carbocycles. The van der Waals surface area contributed by atoms with E-state index in [9.17, 15) is 4.79 Å². The maximum absolute atomic E-state index is 11.1. The van der Waals surface area contributed by atoms with E-state index < -0.39 is 5.91 Å². The van der Waals surface area contributed by atoms with Crippen LogP contribution in [-0.2, 0) is 6.54 Å². The topological polar surface area (TPSA) is 99.0 Å². The number of nitrogen functional groups attached to an aromatic ring is 1. The fourth-order valence-electron chi connectivity index (χ4n) is 1.15. The van der Waals surface area contributed by atoms with Gasteiger partial charge in [-0.25, -0.2) is 5.84 Å². The highest BCUT2D eigenvalue weighted by atomic mass is 127. The van der Waals surface area contributed by atoms with Crippen LogP contribution in [0.2, 0.25) is 0 Å². The molecule has 0 unspecified atom stereocenters. The van der Waals surface area contributed by atoms with Crippen LogP contribution in [0, 0.1) is 3.57 Å². The van der Waals surface area contributed by atoms with Gasteiger partial charge in [0.1, 0.15) is 6.54 Å². The van der Waals surface area contributed by atoms with Crippen molar-refractivity contribution in [3.8, 4) is 0 Å². The Hall–Kier alpha value is -1.42. The van der Waals surface area contributed by atoms with Gasteiger partial charge in [0.2, 0.25) is 0 Å². The number of nitrogens with two attached hydrogens (primary N) is 1. The molecule has 0 spiro atoms. The molecule has 0 bridgehead atoms. The van der Waals surface area contributed by atoms with Crippen LogP contribution in [0.15, 0.2) is 23.0 Å². The molecule has 3 N–H and O–H groups in total. The summed E-state index contributed by atoms with van der Waals surface area (Å²) in [6.45, 7) is 0.424. The monoisotopic (exact) mass is 333 g/mol. The number of halogens is 1. The molecule has 0 saturated carbocycles. The highest BCUT2D eigenvalue weighted by Crippen LogP contribution is 2.07. The van der Waals surface area contributed by atoms with Gasteiger partial charge in [-0.1, -0.05) is 5.16 Å². The van der Waals surface area contributed by atoms with E-state index in [1.807, 2.05) is 11.6 Å². The lowest BCUT2D eigenvalue weighted by Gasteiger charge is -1.94. The Morgan fingerprint density at radius 1 is 1.69 bits per heavy atom. The van der Waals surface area contributed by atoms with Crippen LogP contribution in [0.4, 0.5) is 0 Å². The molecule has 2 rings (SSSR count). The highest BCUT2D eigenvalue weighted by Gasteiger charge is 2.11. The smallest absolute Gasteiger partial charge is 0.287 e. The van der Waals surface area contributed by atoms with Crippen molar-refractivity contribution in [2.45, 2.75) is 6.54 Å². The van der Waals surface area contributed by atoms with Gasteiger partial charge in [-0.2, -0.15) is 5.10 Å². The van der Waals surface area contributed by atoms with E-state index in [1.54, 1.807) is 10.9 Å². The Morgan fingerprint density at radius 2 is 2.50 bits per heavy atom. The minimum absolute atomic E-state index is 0.152. The Labute approximate surface area is 104 Å². The molecule has 7 nitrogen and oxygen atoms in total. The van der Waals surface area contributed by atoms with Crippen LogP contribution < -0.4 is 11.3 Å². The third-order valence-electron chi connectivity index (χ3n) is 1.84. The SMILES string of the molecule is NNC(=O)c1cc(Cn2cc(I)cn2)on1. The lowest BCUT2D eigenvalue weighted by molar-refractivity contribution is 0.0944. The first-order valence-electron chi connectivity index (χ1n) is 4.33. The second kappa shape index (κ2) is 4.61. The summed E-state index contributed by atoms with van der Waals surface area (Å²) < 4.78 is 7.68. The predicted molar refractivity (Wildman–Crippen MR) is 62.2 cm³/mol. The summed E-state index contributed by atoms with van der Waals surface area (Å²) >= 11 is 2.15. The largest absolute Gasteiger partial charge is 0.359 e. The van der Waals surface area contributed by atoms with Crippen molar-refractivity contribution in [1.82, 2.24) is 20.4 Å². The number of carbonyl (C=O) groups is 1. The quantitative estimate of drug-likeness (QED) is 0.360. The first-order chi connectivity index (χ1) is 7.69. The zero-order valence-electron chi connectivity index (χ0n) is 8.05. The van der Waals surface area contributed by atoms with Gasteiger partial charge in [-0.3, -0.25) is 14.9 Å². The van der Waals surface area contributed by atoms with Crippen LogP contribution in [0.3, 0.4) is 0 Å². The second-order valence-corrected chi connectivity index (χ2v) is 4.25. The first-order valence-corrected chi connectivity index (χ1v) is 5.41. The summed E-state index contributed by atoms with van der Waals surface area (Å²) in [5, 5.41) is 7.66. The third-order valence-corrected chi connectivity index (χ3v) is 2.40. The lowest BCUT2D eigenvalue weighted by Crippen LogP contribution is -2.30. The summed E-state index contributed by atoms with van der Waals surface area (Å²) in [5.74, 6) is 5.03. The van der Waals surface area contributed by atoms with E-state index in [1.165, 1.54) is 6.07 Å². The summed E-state index contributed by atoms with van der Waals surface area (Å²) in [6.07, 6.45) is 3.58. The standard InChI is InChI=1S/C8H8IN5O2/c9-5-2-11-14(3-5)4-6-1-7(13-16-6)8(15)12-10/h1-3H,4,10H2,(H,12,15). The molecule has 16 heavy (non-hydrogen) atoms. The zero-order chi connectivity index (χ0) is 11.5. The van der Waals surface area contributed by atoms with Crippen molar-refractivity contribution in [2.75, 3.05) is 0 Å². The molecule has 0 aliphatic rings. The van der Waals surface area contributed by atoms with Crippen LogP contribution in [0.25, 0.3) is 0 Å². The minimum atomic E-state index is -0.481. The van der Waals surface area contributed by atoms with Gasteiger partial charge in [0.15, 0.2) is 11.5 Å². The Morgan fingerprint density at radius 3 is 3.12 bits per heavy atom. The van der Waals surface area contributed by atoms with Gasteiger partial charge in [0.05, 0.1) is 9.77 Å². The first kappa shape index (κ1) is 11.1. The summed E-state index contributed by atoms with van der Waals surface area (Å²) in [6, 6.07) is 1.52. The molecule has 0 radical (unpaired) electrons. The van der Waals surface area contributed by atoms with E-state index in [-0.39, 0.29) is 5.69 Å². The van der Waals surface area contributed by atoms with E-state index in [4.69, 9.17) is 10.4 Å². The molecule has 84 valence electrons. The molecule has 0 saturated heterocycles. The molecule has 0 fully saturated rings. The maximum atomic E-state index is 11.1. The fraction of sp³-hybridized carbons (Fsp3) is 0.125. The van der Waals surface area contributed by atoms with Gasteiger partial charge in [0, 0.05) is 12.3 Å². The number of aromatic nitrogens is 3. The summed E-state index contributed by atoms with van der Waals surface area (Å²) in [4.78, 5) is 11.1. The number of hydrogen-bond acceptors (Lipinski definition) is 5. The number of hydrazine groups is 1. The van der Waals surface area contributed by atoms with Crippen molar-refractivity contribution < 1.29 is 9.32 Å². The van der Waals surface area contributed by atoms with Crippen molar-refractivity contribution in [1.29, 1.82) is 0 Å². The second-order valence-electron chi connectivity index (χ2n) is 3.01. The predicted octanol–water partition coefficient (Wildman–Crippen LogP) is 0.127. The van der Waals surface area contributed by atoms with Crippen LogP contribution in [-0.4, -0.2) is 20.8 Å². The van der Waals surface area contributed by atoms with Gasteiger partial charge >= 0.3 is 0 Å². The lowest BCUT2D eigenvalue weighted by atomic mass is 10.3. The number of rotatable bonds is 3. The van der Waals surface area contributed by atoms with Crippen molar-refractivity contribution >= 4 is 28.5 Å². The molecular formula is C8H8IN5O2. The summed E-state index contributed by atoms with van der Waals surface area (Å²) in [7, 11) is 0. The van der Waals surface area contributed by atoms with Gasteiger partial charge < -0.3 is 4.52 Å². The molecule has 2 aromatic heterocycles. The molecular weight excluding hydrogens is 325 g/mol. The minimum Gasteiger partial charge on any atom is -0.359 e. The van der Waals surface area contributed by atoms with E-state index in [2.05, 4.69) is 32.8 Å². The van der Waals surface area contributed by atoms with E-state index in [0.717, 1.165) is 3.57 Å². The molecule has 1 amide bonds. The van der Waals surface area contributed by atoms with Crippen molar-refractivity contribution in [2.24, 2.45) is 5.84 Å². The van der Waals surface area contributed by atoms with Gasteiger partial charge in [0.25, 0.3) is 5.91 Å². The van der Waals surface area contributed by atoms with E-state index >= 15 is 0 Å². The van der Waals surface area contributed by atoms with Crippen LogP contribution in [0.5, 0.6) is 0 Å². The average Bonchev–Trinajstić information content (AvgIpc) is 2.87. The zero-order valence-corrected chi connectivity index (χ0v) is 10.2. The van der Waals surface area contributed by atoms with Gasteiger partial charge in [-0.05, 0) is 22.6 Å². The highest BCUT2D eigenvalue weighted by molar-refractivity contribution is 14.1. The molecule has 0 aliphatic heterocycles. The van der Waals surface area contributed by atoms with Crippen molar-refractivity contribution in [3.05, 3.63) is 33.5 Å².